The molecule has 0 unspecified atom stereocenters. The third-order valence-corrected chi connectivity index (χ3v) is 2.21. The van der Waals surface area contributed by atoms with Gasteiger partial charge in [-0.25, -0.2) is 4.98 Å². The van der Waals surface area contributed by atoms with Gasteiger partial charge in [-0.3, -0.25) is 0 Å². The number of rotatable bonds is 7. The molecule has 0 aliphatic carbocycles. The summed E-state index contributed by atoms with van der Waals surface area (Å²) in [5.74, 6) is 1.97. The molecular formula is C13H24N4O2. The van der Waals surface area contributed by atoms with E-state index in [4.69, 9.17) is 15.2 Å². The lowest BCUT2D eigenvalue weighted by Gasteiger charge is -2.16. The van der Waals surface area contributed by atoms with Gasteiger partial charge < -0.3 is 20.5 Å². The van der Waals surface area contributed by atoms with E-state index in [2.05, 4.69) is 29.1 Å². The fraction of sp³-hybridized carbons (Fsp3) is 0.692. The molecule has 6 heteroatoms. The van der Waals surface area contributed by atoms with Crippen molar-refractivity contribution in [2.24, 2.45) is 5.92 Å². The molecular weight excluding hydrogens is 244 g/mol. The van der Waals surface area contributed by atoms with Crippen LogP contribution in [-0.2, 0) is 11.3 Å². The summed E-state index contributed by atoms with van der Waals surface area (Å²) in [5.41, 5.74) is 6.47. The topological polar surface area (TPSA) is 82.3 Å². The number of nitrogens with one attached hydrogen (secondary N) is 1. The zero-order valence-electron chi connectivity index (χ0n) is 12.4. The van der Waals surface area contributed by atoms with Gasteiger partial charge in [-0.1, -0.05) is 13.8 Å². The number of hydrogen-bond donors (Lipinski definition) is 2. The molecule has 0 fully saturated rings. The van der Waals surface area contributed by atoms with E-state index in [9.17, 15) is 0 Å². The fourth-order valence-corrected chi connectivity index (χ4v) is 1.43. The van der Waals surface area contributed by atoms with Crippen molar-refractivity contribution in [2.75, 3.05) is 24.8 Å². The zero-order chi connectivity index (χ0) is 14.4. The first-order valence-electron chi connectivity index (χ1n) is 6.48. The second kappa shape index (κ2) is 7.13. The van der Waals surface area contributed by atoms with Crippen molar-refractivity contribution in [2.45, 2.75) is 40.3 Å². The first kappa shape index (κ1) is 15.5. The van der Waals surface area contributed by atoms with E-state index in [-0.39, 0.29) is 6.04 Å². The summed E-state index contributed by atoms with van der Waals surface area (Å²) in [5, 5.41) is 3.19. The highest BCUT2D eigenvalue weighted by molar-refractivity contribution is 5.67. The smallest absolute Gasteiger partial charge is 0.242 e. The monoisotopic (exact) mass is 268 g/mol. The van der Waals surface area contributed by atoms with Gasteiger partial charge in [-0.05, 0) is 19.8 Å². The van der Waals surface area contributed by atoms with Crippen LogP contribution in [0.1, 0.15) is 33.5 Å². The summed E-state index contributed by atoms with van der Waals surface area (Å²) in [6, 6.07) is 0.227. The minimum absolute atomic E-state index is 0.227. The number of nitrogens with two attached hydrogens (primary N) is 1. The van der Waals surface area contributed by atoms with Crippen LogP contribution in [0.4, 0.5) is 11.5 Å². The molecule has 19 heavy (non-hydrogen) atoms. The lowest BCUT2D eigenvalue weighted by Crippen LogP contribution is -2.17. The number of nitrogens with zero attached hydrogens (tertiary/aromatic N) is 2. The molecule has 1 heterocycles. The summed E-state index contributed by atoms with van der Waals surface area (Å²) in [6.07, 6.45) is 0. The van der Waals surface area contributed by atoms with Gasteiger partial charge in [-0.2, -0.15) is 4.98 Å². The molecule has 108 valence electrons. The number of nitrogen functional groups attached to an aromatic ring is 1. The van der Waals surface area contributed by atoms with E-state index in [1.54, 1.807) is 7.11 Å². The van der Waals surface area contributed by atoms with Gasteiger partial charge in [0.1, 0.15) is 12.3 Å². The van der Waals surface area contributed by atoms with Gasteiger partial charge in [-0.15, -0.1) is 0 Å². The molecule has 0 atom stereocenters. The maximum absolute atomic E-state index is 6.03. The highest BCUT2D eigenvalue weighted by Gasteiger charge is 2.14. The third-order valence-electron chi connectivity index (χ3n) is 2.21. The quantitative estimate of drug-likeness (QED) is 0.787. The third kappa shape index (κ3) is 4.90. The van der Waals surface area contributed by atoms with Crippen LogP contribution in [0.3, 0.4) is 0 Å². The van der Waals surface area contributed by atoms with Crippen molar-refractivity contribution < 1.29 is 9.47 Å². The summed E-state index contributed by atoms with van der Waals surface area (Å²) in [6.45, 7) is 9.07. The van der Waals surface area contributed by atoms with Gasteiger partial charge in [0, 0.05) is 13.2 Å². The van der Waals surface area contributed by atoms with Crippen LogP contribution in [-0.4, -0.2) is 29.7 Å². The van der Waals surface area contributed by atoms with Crippen molar-refractivity contribution in [3.8, 4) is 5.88 Å². The first-order chi connectivity index (χ1) is 8.93. The summed E-state index contributed by atoms with van der Waals surface area (Å²) < 4.78 is 10.7. The van der Waals surface area contributed by atoms with Crippen LogP contribution in [0.15, 0.2) is 0 Å². The molecule has 0 bridgehead atoms. The average Bonchev–Trinajstić information content (AvgIpc) is 2.31. The lowest BCUT2D eigenvalue weighted by atomic mass is 10.2. The van der Waals surface area contributed by atoms with Crippen LogP contribution in [0.5, 0.6) is 5.88 Å². The molecule has 1 aromatic rings. The van der Waals surface area contributed by atoms with E-state index >= 15 is 0 Å². The fourth-order valence-electron chi connectivity index (χ4n) is 1.43. The standard InChI is InChI=1S/C13H24N4O2/c1-8(2)6-19-13-11(14)12(15-9(3)4)16-10(17-13)7-18-5/h8-9H,6-7,14H2,1-5H3,(H,15,16,17). The molecule has 1 rings (SSSR count). The number of aromatic nitrogens is 2. The van der Waals surface area contributed by atoms with Gasteiger partial charge in [0.15, 0.2) is 11.6 Å². The molecule has 0 saturated heterocycles. The molecule has 0 aliphatic rings. The van der Waals surface area contributed by atoms with Crippen molar-refractivity contribution >= 4 is 11.5 Å². The molecule has 0 saturated carbocycles. The van der Waals surface area contributed by atoms with Gasteiger partial charge in [0.25, 0.3) is 0 Å². The Kier molecular flexibility index (Phi) is 5.82. The van der Waals surface area contributed by atoms with Crippen molar-refractivity contribution in [1.82, 2.24) is 9.97 Å². The molecule has 0 radical (unpaired) electrons. The molecule has 0 spiro atoms. The average molecular weight is 268 g/mol. The van der Waals surface area contributed by atoms with Gasteiger partial charge >= 0.3 is 0 Å². The van der Waals surface area contributed by atoms with Gasteiger partial charge in [0.05, 0.1) is 6.61 Å². The van der Waals surface area contributed by atoms with Crippen molar-refractivity contribution in [3.05, 3.63) is 5.82 Å². The number of ether oxygens (including phenoxy) is 2. The second-order valence-corrected chi connectivity index (χ2v) is 5.14. The molecule has 1 aromatic heterocycles. The summed E-state index contributed by atoms with van der Waals surface area (Å²) >= 11 is 0. The Morgan fingerprint density at radius 1 is 1.21 bits per heavy atom. The predicted octanol–water partition coefficient (Wildman–Crippen LogP) is 2.06. The van der Waals surface area contributed by atoms with Crippen LogP contribution in [0, 0.1) is 5.92 Å². The van der Waals surface area contributed by atoms with E-state index in [1.165, 1.54) is 0 Å². The SMILES string of the molecule is COCc1nc(NC(C)C)c(N)c(OCC(C)C)n1. The molecule has 6 nitrogen and oxygen atoms in total. The largest absolute Gasteiger partial charge is 0.476 e. The molecule has 0 aromatic carbocycles. The zero-order valence-corrected chi connectivity index (χ0v) is 12.4. The van der Waals surface area contributed by atoms with Crippen LogP contribution in [0.2, 0.25) is 0 Å². The Balaban J connectivity index is 3.01. The highest BCUT2D eigenvalue weighted by Crippen LogP contribution is 2.27. The van der Waals surface area contributed by atoms with Crippen LogP contribution in [0.25, 0.3) is 0 Å². The Hall–Kier alpha value is -1.56. The Bertz CT molecular complexity index is 408. The van der Waals surface area contributed by atoms with E-state index in [0.29, 0.717) is 42.3 Å². The highest BCUT2D eigenvalue weighted by atomic mass is 16.5. The molecule has 3 N–H and O–H groups in total. The maximum Gasteiger partial charge on any atom is 0.242 e. The molecule has 0 aliphatic heterocycles. The van der Waals surface area contributed by atoms with E-state index in [1.807, 2.05) is 13.8 Å². The molecule has 0 amide bonds. The van der Waals surface area contributed by atoms with Crippen LogP contribution < -0.4 is 15.8 Å². The normalized spacial score (nSPS) is 11.1. The predicted molar refractivity (Wildman–Crippen MR) is 76.2 cm³/mol. The Morgan fingerprint density at radius 3 is 2.42 bits per heavy atom. The Morgan fingerprint density at radius 2 is 1.89 bits per heavy atom. The minimum atomic E-state index is 0.227. The van der Waals surface area contributed by atoms with Crippen molar-refractivity contribution in [3.63, 3.8) is 0 Å². The lowest BCUT2D eigenvalue weighted by molar-refractivity contribution is 0.176. The summed E-state index contributed by atoms with van der Waals surface area (Å²) in [7, 11) is 1.60. The maximum atomic E-state index is 6.03. The second-order valence-electron chi connectivity index (χ2n) is 5.14. The van der Waals surface area contributed by atoms with E-state index in [0.717, 1.165) is 0 Å². The first-order valence-corrected chi connectivity index (χ1v) is 6.48. The number of anilines is 2. The Labute approximate surface area is 114 Å². The van der Waals surface area contributed by atoms with Crippen LogP contribution >= 0.6 is 0 Å². The number of hydrogen-bond acceptors (Lipinski definition) is 6. The number of methoxy groups -OCH3 is 1. The minimum Gasteiger partial charge on any atom is -0.476 e. The van der Waals surface area contributed by atoms with Crippen molar-refractivity contribution in [1.29, 1.82) is 0 Å². The summed E-state index contributed by atoms with van der Waals surface area (Å²) in [4.78, 5) is 8.62. The van der Waals surface area contributed by atoms with E-state index < -0.39 is 0 Å². The van der Waals surface area contributed by atoms with Gasteiger partial charge in [0.2, 0.25) is 5.88 Å².